The van der Waals surface area contributed by atoms with Gasteiger partial charge in [0.05, 0.1) is 24.7 Å². The van der Waals surface area contributed by atoms with Crippen LogP contribution < -0.4 is 10.6 Å². The molecule has 0 atom stereocenters. The van der Waals surface area contributed by atoms with Gasteiger partial charge in [-0.15, -0.1) is 0 Å². The predicted octanol–water partition coefficient (Wildman–Crippen LogP) is 0.974. The summed E-state index contributed by atoms with van der Waals surface area (Å²) < 4.78 is 0. The first-order chi connectivity index (χ1) is 5.40. The summed E-state index contributed by atoms with van der Waals surface area (Å²) in [6.45, 7) is 0.888. The van der Waals surface area contributed by atoms with Gasteiger partial charge in [-0.2, -0.15) is 0 Å². The molecule has 3 nitrogen and oxygen atoms in total. The average molecular weight is 150 g/mol. The van der Waals surface area contributed by atoms with E-state index in [0.717, 1.165) is 23.6 Å². The van der Waals surface area contributed by atoms with Gasteiger partial charge in [0.1, 0.15) is 0 Å². The van der Waals surface area contributed by atoms with E-state index in [4.69, 9.17) is 5.11 Å². The Hall–Kier alpha value is -1.22. The topological polar surface area (TPSA) is 44.3 Å². The quantitative estimate of drug-likeness (QED) is 0.559. The van der Waals surface area contributed by atoms with Gasteiger partial charge in [-0.3, -0.25) is 0 Å². The number of aliphatic hydroxyl groups excluding tert-OH is 1. The first kappa shape index (κ1) is 6.49. The van der Waals surface area contributed by atoms with Crippen molar-refractivity contribution in [3.05, 3.63) is 23.8 Å². The lowest BCUT2D eigenvalue weighted by atomic mass is 10.2. The van der Waals surface area contributed by atoms with Crippen LogP contribution in [-0.2, 0) is 6.61 Å². The van der Waals surface area contributed by atoms with Crippen molar-refractivity contribution in [3.8, 4) is 0 Å². The predicted molar refractivity (Wildman–Crippen MR) is 44.5 cm³/mol. The Labute approximate surface area is 65.0 Å². The van der Waals surface area contributed by atoms with E-state index in [1.54, 1.807) is 0 Å². The second-order valence-corrected chi connectivity index (χ2v) is 2.57. The molecule has 1 heterocycles. The zero-order valence-corrected chi connectivity index (χ0v) is 6.09. The van der Waals surface area contributed by atoms with Crippen molar-refractivity contribution in [2.45, 2.75) is 6.61 Å². The Morgan fingerprint density at radius 1 is 1.27 bits per heavy atom. The van der Waals surface area contributed by atoms with E-state index < -0.39 is 0 Å². The maximum atomic E-state index is 8.82. The Balaban J connectivity index is 2.41. The highest BCUT2D eigenvalue weighted by Gasteiger charge is 2.07. The van der Waals surface area contributed by atoms with Crippen molar-refractivity contribution in [2.24, 2.45) is 0 Å². The van der Waals surface area contributed by atoms with Crippen LogP contribution in [0.25, 0.3) is 0 Å². The SMILES string of the molecule is OCc1ccc2c(c1)NCN2. The van der Waals surface area contributed by atoms with Crippen molar-refractivity contribution >= 4 is 11.4 Å². The molecule has 0 spiro atoms. The third kappa shape index (κ3) is 1.03. The largest absolute Gasteiger partial charge is 0.392 e. The van der Waals surface area contributed by atoms with E-state index >= 15 is 0 Å². The molecule has 1 aromatic carbocycles. The lowest BCUT2D eigenvalue weighted by Gasteiger charge is -2.00. The molecular formula is C8H10N2O. The molecule has 58 valence electrons. The fourth-order valence-electron chi connectivity index (χ4n) is 1.22. The summed E-state index contributed by atoms with van der Waals surface area (Å²) in [6.07, 6.45) is 0. The lowest BCUT2D eigenvalue weighted by Crippen LogP contribution is -1.98. The van der Waals surface area contributed by atoms with Crippen LogP contribution in [0.5, 0.6) is 0 Å². The Morgan fingerprint density at radius 3 is 2.91 bits per heavy atom. The number of hydrogen-bond donors (Lipinski definition) is 3. The van der Waals surface area contributed by atoms with Gasteiger partial charge < -0.3 is 15.7 Å². The summed E-state index contributed by atoms with van der Waals surface area (Å²) in [5, 5.41) is 15.1. The number of anilines is 2. The molecule has 0 radical (unpaired) electrons. The van der Waals surface area contributed by atoms with Crippen LogP contribution in [0.1, 0.15) is 5.56 Å². The maximum Gasteiger partial charge on any atom is 0.0850 e. The van der Waals surface area contributed by atoms with Gasteiger partial charge in [0.2, 0.25) is 0 Å². The molecule has 1 aliphatic heterocycles. The molecule has 1 aromatic rings. The van der Waals surface area contributed by atoms with E-state index in [1.807, 2.05) is 18.2 Å². The fourth-order valence-corrected chi connectivity index (χ4v) is 1.22. The van der Waals surface area contributed by atoms with Gasteiger partial charge in [-0.25, -0.2) is 0 Å². The summed E-state index contributed by atoms with van der Waals surface area (Å²) in [4.78, 5) is 0. The number of hydrogen-bond acceptors (Lipinski definition) is 3. The standard InChI is InChI=1S/C8H10N2O/c11-4-6-1-2-7-8(3-6)10-5-9-7/h1-3,9-11H,4-5H2. The molecule has 0 bridgehead atoms. The number of fused-ring (bicyclic) bond motifs is 1. The summed E-state index contributed by atoms with van der Waals surface area (Å²) in [6, 6.07) is 5.84. The molecule has 3 heteroatoms. The minimum absolute atomic E-state index is 0.106. The van der Waals surface area contributed by atoms with Crippen LogP contribution in [-0.4, -0.2) is 11.8 Å². The summed E-state index contributed by atoms with van der Waals surface area (Å²) in [5.74, 6) is 0. The van der Waals surface area contributed by atoms with Crippen molar-refractivity contribution in [2.75, 3.05) is 17.3 Å². The molecule has 3 N–H and O–H groups in total. The Kier molecular flexibility index (Phi) is 1.43. The molecule has 0 amide bonds. The molecule has 0 saturated heterocycles. The van der Waals surface area contributed by atoms with E-state index in [1.165, 1.54) is 0 Å². The van der Waals surface area contributed by atoms with Crippen LogP contribution >= 0.6 is 0 Å². The smallest absolute Gasteiger partial charge is 0.0850 e. The number of benzene rings is 1. The van der Waals surface area contributed by atoms with E-state index in [9.17, 15) is 0 Å². The highest BCUT2D eigenvalue weighted by molar-refractivity contribution is 5.73. The van der Waals surface area contributed by atoms with E-state index in [0.29, 0.717) is 0 Å². The highest BCUT2D eigenvalue weighted by Crippen LogP contribution is 2.26. The summed E-state index contributed by atoms with van der Waals surface area (Å²) >= 11 is 0. The Morgan fingerprint density at radius 2 is 2.09 bits per heavy atom. The highest BCUT2D eigenvalue weighted by atomic mass is 16.3. The second kappa shape index (κ2) is 2.43. The van der Waals surface area contributed by atoms with Crippen LogP contribution in [0.2, 0.25) is 0 Å². The van der Waals surface area contributed by atoms with Crippen molar-refractivity contribution in [1.82, 2.24) is 0 Å². The zero-order chi connectivity index (χ0) is 7.68. The molecule has 0 aromatic heterocycles. The van der Waals surface area contributed by atoms with Crippen LogP contribution in [0.4, 0.5) is 11.4 Å². The average Bonchev–Trinajstić information content (AvgIpc) is 2.50. The fraction of sp³-hybridized carbons (Fsp3) is 0.250. The second-order valence-electron chi connectivity index (χ2n) is 2.57. The normalized spacial score (nSPS) is 13.5. The van der Waals surface area contributed by atoms with Crippen LogP contribution in [0, 0.1) is 0 Å². The molecule has 0 fully saturated rings. The van der Waals surface area contributed by atoms with E-state index in [2.05, 4.69) is 10.6 Å². The van der Waals surface area contributed by atoms with Gasteiger partial charge >= 0.3 is 0 Å². The van der Waals surface area contributed by atoms with Gasteiger partial charge in [0, 0.05) is 0 Å². The molecule has 0 aliphatic carbocycles. The van der Waals surface area contributed by atoms with Gasteiger partial charge in [-0.05, 0) is 17.7 Å². The minimum Gasteiger partial charge on any atom is -0.392 e. The number of rotatable bonds is 1. The maximum absolute atomic E-state index is 8.82. The molecular weight excluding hydrogens is 140 g/mol. The minimum atomic E-state index is 0.106. The van der Waals surface area contributed by atoms with Gasteiger partial charge in [0.25, 0.3) is 0 Å². The third-order valence-corrected chi connectivity index (χ3v) is 1.82. The lowest BCUT2D eigenvalue weighted by molar-refractivity contribution is 0.282. The van der Waals surface area contributed by atoms with Crippen LogP contribution in [0.3, 0.4) is 0 Å². The van der Waals surface area contributed by atoms with Gasteiger partial charge in [0.15, 0.2) is 0 Å². The molecule has 2 rings (SSSR count). The van der Waals surface area contributed by atoms with Crippen molar-refractivity contribution < 1.29 is 5.11 Å². The summed E-state index contributed by atoms with van der Waals surface area (Å²) in [5.41, 5.74) is 3.14. The zero-order valence-electron chi connectivity index (χ0n) is 6.09. The monoisotopic (exact) mass is 150 g/mol. The van der Waals surface area contributed by atoms with Crippen LogP contribution in [0.15, 0.2) is 18.2 Å². The number of nitrogens with one attached hydrogen (secondary N) is 2. The van der Waals surface area contributed by atoms with Crippen molar-refractivity contribution in [3.63, 3.8) is 0 Å². The molecule has 11 heavy (non-hydrogen) atoms. The molecule has 0 unspecified atom stereocenters. The number of aliphatic hydroxyl groups is 1. The third-order valence-electron chi connectivity index (χ3n) is 1.82. The van der Waals surface area contributed by atoms with Crippen molar-refractivity contribution in [1.29, 1.82) is 0 Å². The van der Waals surface area contributed by atoms with E-state index in [-0.39, 0.29) is 6.61 Å². The molecule has 0 saturated carbocycles. The Bertz CT molecular complexity index is 273. The first-order valence-corrected chi connectivity index (χ1v) is 3.61. The molecule has 1 aliphatic rings. The van der Waals surface area contributed by atoms with Gasteiger partial charge in [-0.1, -0.05) is 6.07 Å². The summed E-state index contributed by atoms with van der Waals surface area (Å²) in [7, 11) is 0. The first-order valence-electron chi connectivity index (χ1n) is 3.61.